The molecular weight excluding hydrogens is 531 g/mol. The van der Waals surface area contributed by atoms with Gasteiger partial charge in [-0.15, -0.1) is 0 Å². The van der Waals surface area contributed by atoms with Crippen molar-refractivity contribution in [2.45, 2.75) is 58.4 Å². The first-order valence-electron chi connectivity index (χ1n) is 11.7. The molecule has 0 aliphatic heterocycles. The average molecular weight is 564 g/mol. The first kappa shape index (κ1) is 29.7. The van der Waals surface area contributed by atoms with E-state index in [1.165, 1.54) is 17.7 Å². The lowest BCUT2D eigenvalue weighted by Crippen LogP contribution is -2.35. The van der Waals surface area contributed by atoms with Gasteiger partial charge in [0.15, 0.2) is 0 Å². The molecule has 10 heteroatoms. The summed E-state index contributed by atoms with van der Waals surface area (Å²) in [5.74, 6) is 0. The zero-order chi connectivity index (χ0) is 25.8. The molecule has 1 N–H and O–H groups in total. The van der Waals surface area contributed by atoms with Gasteiger partial charge in [0.2, 0.25) is 0 Å². The van der Waals surface area contributed by atoms with Gasteiger partial charge >= 0.3 is 6.03 Å². The SMILES string of the molecule is CCCCc1ccc(CN(CCCCCCOS(C)(=O)=O)C(=O)Nc2c(Cl)cc(Cl)cc2Cl)cc1. The third-order valence-corrected chi connectivity index (χ3v) is 6.77. The molecule has 0 unspecified atom stereocenters. The van der Waals surface area contributed by atoms with Gasteiger partial charge < -0.3 is 10.2 Å². The fraction of sp³-hybridized carbons (Fsp3) is 0.480. The van der Waals surface area contributed by atoms with Gasteiger partial charge in [-0.1, -0.05) is 85.3 Å². The molecule has 0 aromatic heterocycles. The average Bonchev–Trinajstić information content (AvgIpc) is 2.78. The number of urea groups is 1. The van der Waals surface area contributed by atoms with Crippen molar-refractivity contribution in [3.05, 3.63) is 62.6 Å². The molecule has 6 nitrogen and oxygen atoms in total. The number of amides is 2. The second-order valence-electron chi connectivity index (χ2n) is 8.46. The smallest absolute Gasteiger partial charge is 0.320 e. The van der Waals surface area contributed by atoms with Crippen LogP contribution < -0.4 is 5.32 Å². The molecule has 0 heterocycles. The van der Waals surface area contributed by atoms with Crippen molar-refractivity contribution in [2.24, 2.45) is 0 Å². The summed E-state index contributed by atoms with van der Waals surface area (Å²) in [7, 11) is -3.42. The molecular formula is C25H33Cl3N2O4S. The third kappa shape index (κ3) is 11.4. The van der Waals surface area contributed by atoms with E-state index >= 15 is 0 Å². The van der Waals surface area contributed by atoms with Crippen molar-refractivity contribution in [3.8, 4) is 0 Å². The maximum absolute atomic E-state index is 13.2. The van der Waals surface area contributed by atoms with Crippen LogP contribution in [0, 0.1) is 0 Å². The Morgan fingerprint density at radius 3 is 2.14 bits per heavy atom. The monoisotopic (exact) mass is 562 g/mol. The van der Waals surface area contributed by atoms with Gasteiger partial charge in [-0.2, -0.15) is 8.42 Å². The predicted octanol–water partition coefficient (Wildman–Crippen LogP) is 7.56. The Hall–Kier alpha value is -1.51. The van der Waals surface area contributed by atoms with Gasteiger partial charge in [-0.05, 0) is 48.9 Å². The van der Waals surface area contributed by atoms with Crippen LogP contribution in [-0.4, -0.2) is 38.8 Å². The van der Waals surface area contributed by atoms with Crippen LogP contribution >= 0.6 is 34.8 Å². The number of nitrogens with zero attached hydrogens (tertiary/aromatic N) is 1. The molecule has 2 aromatic carbocycles. The molecule has 2 aromatic rings. The minimum absolute atomic E-state index is 0.168. The highest BCUT2D eigenvalue weighted by Crippen LogP contribution is 2.34. The standard InChI is InChI=1S/C25H33Cl3N2O4S/c1-3-4-9-19-10-12-20(13-11-19)18-30(14-7-5-6-8-15-34-35(2,32)33)25(31)29-24-22(27)16-21(26)17-23(24)28/h10-13,16-17H,3-9,14-15,18H2,1-2H3,(H,29,31). The van der Waals surface area contributed by atoms with Gasteiger partial charge in [-0.25, -0.2) is 4.79 Å². The maximum atomic E-state index is 13.2. The molecule has 0 aliphatic rings. The number of hydrogen-bond acceptors (Lipinski definition) is 4. The van der Waals surface area contributed by atoms with E-state index in [2.05, 4.69) is 36.5 Å². The van der Waals surface area contributed by atoms with Crippen molar-refractivity contribution in [3.63, 3.8) is 0 Å². The van der Waals surface area contributed by atoms with Crippen LogP contribution in [0.1, 0.15) is 56.6 Å². The summed E-state index contributed by atoms with van der Waals surface area (Å²) in [6.07, 6.45) is 7.38. The second-order valence-corrected chi connectivity index (χ2v) is 11.4. The van der Waals surface area contributed by atoms with E-state index in [9.17, 15) is 13.2 Å². The van der Waals surface area contributed by atoms with Gasteiger partial charge in [0, 0.05) is 18.1 Å². The number of carbonyl (C=O) groups excluding carboxylic acids is 1. The Morgan fingerprint density at radius 2 is 1.54 bits per heavy atom. The van der Waals surface area contributed by atoms with Crippen molar-refractivity contribution < 1.29 is 17.4 Å². The molecule has 194 valence electrons. The third-order valence-electron chi connectivity index (χ3n) is 5.36. The summed E-state index contributed by atoms with van der Waals surface area (Å²) in [5.41, 5.74) is 2.62. The second kappa shape index (κ2) is 14.9. The van der Waals surface area contributed by atoms with Crippen LogP contribution in [0.4, 0.5) is 10.5 Å². The molecule has 2 rings (SSSR count). The zero-order valence-electron chi connectivity index (χ0n) is 20.2. The number of benzene rings is 2. The van der Waals surface area contributed by atoms with Gasteiger partial charge in [0.05, 0.1) is 28.6 Å². The number of unbranched alkanes of at least 4 members (excludes halogenated alkanes) is 4. The number of anilines is 1. The molecule has 0 saturated carbocycles. The van der Waals surface area contributed by atoms with Crippen LogP contribution in [0.15, 0.2) is 36.4 Å². The predicted molar refractivity (Wildman–Crippen MR) is 145 cm³/mol. The van der Waals surface area contributed by atoms with Crippen molar-refractivity contribution >= 4 is 56.6 Å². The number of carbonyl (C=O) groups is 1. The van der Waals surface area contributed by atoms with Crippen LogP contribution in [0.3, 0.4) is 0 Å². The van der Waals surface area contributed by atoms with Crippen LogP contribution in [0.25, 0.3) is 0 Å². The van der Waals surface area contributed by atoms with Crippen LogP contribution in [0.5, 0.6) is 0 Å². The molecule has 0 saturated heterocycles. The Kier molecular flexibility index (Phi) is 12.7. The summed E-state index contributed by atoms with van der Waals surface area (Å²) < 4.78 is 26.9. The first-order chi connectivity index (χ1) is 16.6. The molecule has 0 atom stereocenters. The van der Waals surface area contributed by atoms with Crippen molar-refractivity contribution in [1.82, 2.24) is 4.90 Å². The lowest BCUT2D eigenvalue weighted by atomic mass is 10.1. The molecule has 35 heavy (non-hydrogen) atoms. The fourth-order valence-electron chi connectivity index (χ4n) is 3.48. The summed E-state index contributed by atoms with van der Waals surface area (Å²) in [6.45, 7) is 3.28. The van der Waals surface area contributed by atoms with Crippen LogP contribution in [-0.2, 0) is 27.3 Å². The fourth-order valence-corrected chi connectivity index (χ4v) is 4.81. The zero-order valence-corrected chi connectivity index (χ0v) is 23.2. The van der Waals surface area contributed by atoms with E-state index in [4.69, 9.17) is 39.0 Å². The summed E-state index contributed by atoms with van der Waals surface area (Å²) in [6, 6.07) is 11.1. The molecule has 0 radical (unpaired) electrons. The maximum Gasteiger partial charge on any atom is 0.322 e. The van der Waals surface area contributed by atoms with Crippen molar-refractivity contribution in [2.75, 3.05) is 24.7 Å². The highest BCUT2D eigenvalue weighted by atomic mass is 35.5. The molecule has 0 spiro atoms. The molecule has 0 aliphatic carbocycles. The number of hydrogen-bond donors (Lipinski definition) is 1. The normalized spacial score (nSPS) is 11.5. The van der Waals surface area contributed by atoms with E-state index in [1.54, 1.807) is 4.90 Å². The number of rotatable bonds is 14. The minimum atomic E-state index is -3.42. The summed E-state index contributed by atoms with van der Waals surface area (Å²) >= 11 is 18.5. The number of nitrogens with one attached hydrogen (secondary N) is 1. The number of aryl methyl sites for hydroxylation is 1. The van der Waals surface area contributed by atoms with Gasteiger partial charge in [0.25, 0.3) is 10.1 Å². The highest BCUT2D eigenvalue weighted by molar-refractivity contribution is 7.85. The van der Waals surface area contributed by atoms with Gasteiger partial charge in [0.1, 0.15) is 0 Å². The Balaban J connectivity index is 2.02. The Bertz CT molecular complexity index is 1040. The minimum Gasteiger partial charge on any atom is -0.320 e. The summed E-state index contributed by atoms with van der Waals surface area (Å²) in [4.78, 5) is 14.9. The topological polar surface area (TPSA) is 75.7 Å². The first-order valence-corrected chi connectivity index (χ1v) is 14.7. The van der Waals surface area contributed by atoms with Crippen LogP contribution in [0.2, 0.25) is 15.1 Å². The highest BCUT2D eigenvalue weighted by Gasteiger charge is 2.18. The van der Waals surface area contributed by atoms with E-state index in [0.717, 1.165) is 50.3 Å². The quantitative estimate of drug-likeness (QED) is 0.190. The number of halogens is 3. The lowest BCUT2D eigenvalue weighted by molar-refractivity contribution is 0.207. The molecule has 0 fully saturated rings. The van der Waals surface area contributed by atoms with Crippen molar-refractivity contribution in [1.29, 1.82) is 0 Å². The van der Waals surface area contributed by atoms with E-state index in [-0.39, 0.29) is 22.7 Å². The largest absolute Gasteiger partial charge is 0.322 e. The van der Waals surface area contributed by atoms with E-state index < -0.39 is 10.1 Å². The van der Waals surface area contributed by atoms with Gasteiger partial charge in [-0.3, -0.25) is 4.18 Å². The van der Waals surface area contributed by atoms with E-state index in [0.29, 0.717) is 30.2 Å². The Morgan fingerprint density at radius 1 is 0.943 bits per heavy atom. The van der Waals surface area contributed by atoms with E-state index in [1.807, 2.05) is 0 Å². The lowest BCUT2D eigenvalue weighted by Gasteiger charge is -2.24. The molecule has 2 amide bonds. The summed E-state index contributed by atoms with van der Waals surface area (Å²) in [5, 5.41) is 3.74. The Labute approximate surface area is 224 Å². The molecule has 0 bridgehead atoms.